The van der Waals surface area contributed by atoms with E-state index in [2.05, 4.69) is 10.5 Å². The number of nitrogens with one attached hydrogen (secondary N) is 3. The third kappa shape index (κ3) is 2.05. The lowest BCUT2D eigenvalue weighted by Gasteiger charge is -2.25. The highest BCUT2D eigenvalue weighted by Gasteiger charge is 2.27. The quantitative estimate of drug-likeness (QED) is 0.426. The van der Waals surface area contributed by atoms with Gasteiger partial charge in [-0.05, 0) is 30.0 Å². The van der Waals surface area contributed by atoms with Gasteiger partial charge in [0.15, 0.2) is 0 Å². The first-order valence-corrected chi connectivity index (χ1v) is 5.10. The van der Waals surface area contributed by atoms with Crippen LogP contribution in [0.1, 0.15) is 0 Å². The molecule has 4 N–H and O–H groups in total. The Morgan fingerprint density at radius 1 is 1.50 bits per heavy atom. The predicted molar refractivity (Wildman–Crippen MR) is 61.2 cm³/mol. The van der Waals surface area contributed by atoms with Crippen LogP contribution < -0.4 is 10.7 Å². The molecular formula is C11H10N4O3. The lowest BCUT2D eigenvalue weighted by molar-refractivity contribution is -0.132. The average molecular weight is 246 g/mol. The van der Waals surface area contributed by atoms with Gasteiger partial charge >= 0.3 is 5.97 Å². The normalized spacial score (nSPS) is 20.7. The van der Waals surface area contributed by atoms with E-state index < -0.39 is 11.9 Å². The molecule has 1 atom stereocenters. The number of hydrogen-bond acceptors (Lipinski definition) is 5. The first kappa shape index (κ1) is 11.8. The van der Waals surface area contributed by atoms with Crippen molar-refractivity contribution in [2.75, 3.05) is 0 Å². The molecule has 1 heterocycles. The second-order valence-electron chi connectivity index (χ2n) is 3.66. The smallest absolute Gasteiger partial charge is 0.336 e. The van der Waals surface area contributed by atoms with E-state index in [9.17, 15) is 9.59 Å². The van der Waals surface area contributed by atoms with Crippen molar-refractivity contribution in [3.63, 3.8) is 0 Å². The fraction of sp³-hybridized carbons (Fsp3) is 0.0909. The highest BCUT2D eigenvalue weighted by atomic mass is 16.4. The summed E-state index contributed by atoms with van der Waals surface area (Å²) in [5, 5.41) is 14.8. The van der Waals surface area contributed by atoms with Gasteiger partial charge in [0.2, 0.25) is 0 Å². The van der Waals surface area contributed by atoms with Gasteiger partial charge in [0, 0.05) is 5.57 Å². The Morgan fingerprint density at radius 2 is 2.28 bits per heavy atom. The van der Waals surface area contributed by atoms with Gasteiger partial charge in [-0.3, -0.25) is 4.79 Å². The third-order valence-corrected chi connectivity index (χ3v) is 2.59. The van der Waals surface area contributed by atoms with Gasteiger partial charge in [0.25, 0.3) is 5.91 Å². The monoisotopic (exact) mass is 246 g/mol. The van der Waals surface area contributed by atoms with E-state index in [0.29, 0.717) is 5.57 Å². The topological polar surface area (TPSA) is 115 Å². The molecule has 0 aromatic carbocycles. The summed E-state index contributed by atoms with van der Waals surface area (Å²) in [4.78, 5) is 22.7. The first-order valence-electron chi connectivity index (χ1n) is 5.10. The molecule has 0 saturated heterocycles. The van der Waals surface area contributed by atoms with E-state index >= 15 is 0 Å². The van der Waals surface area contributed by atoms with Crippen LogP contribution in [0.2, 0.25) is 0 Å². The number of amides is 1. The summed E-state index contributed by atoms with van der Waals surface area (Å²) in [6, 6.07) is -0.363. The summed E-state index contributed by atoms with van der Waals surface area (Å²) in [5.74, 6) is -1.72. The fourth-order valence-electron chi connectivity index (χ4n) is 1.81. The largest absolute Gasteiger partial charge is 0.478 e. The Kier molecular flexibility index (Phi) is 3.05. The number of carbonyl (C=O) groups is 2. The summed E-state index contributed by atoms with van der Waals surface area (Å²) in [7, 11) is 0. The number of carbonyl (C=O) groups excluding carboxylic acids is 1. The number of nitrogens with zero attached hydrogens (tertiary/aromatic N) is 1. The molecule has 7 heteroatoms. The number of allylic oxidation sites excluding steroid dienone is 2. The number of carboxylic acids is 1. The average Bonchev–Trinajstić information content (AvgIpc) is 2.37. The van der Waals surface area contributed by atoms with Crippen LogP contribution in [-0.2, 0) is 9.59 Å². The summed E-state index contributed by atoms with van der Waals surface area (Å²) < 4.78 is 0. The summed E-state index contributed by atoms with van der Waals surface area (Å²) in [6.45, 7) is 0. The first-order chi connectivity index (χ1) is 8.63. The zero-order chi connectivity index (χ0) is 13.1. The molecule has 0 saturated carbocycles. The Morgan fingerprint density at radius 3 is 2.94 bits per heavy atom. The van der Waals surface area contributed by atoms with Crippen LogP contribution in [0.15, 0.2) is 52.4 Å². The second-order valence-corrected chi connectivity index (χ2v) is 3.66. The van der Waals surface area contributed by atoms with Crippen LogP contribution in [0.3, 0.4) is 0 Å². The van der Waals surface area contributed by atoms with Gasteiger partial charge in [-0.15, -0.1) is 0 Å². The number of dihydropyridines is 1. The zero-order valence-electron chi connectivity index (χ0n) is 9.18. The summed E-state index contributed by atoms with van der Waals surface area (Å²) in [5.41, 5.74) is 9.31. The molecule has 1 unspecified atom stereocenters. The van der Waals surface area contributed by atoms with Crippen LogP contribution in [0.5, 0.6) is 0 Å². The molecule has 0 fully saturated rings. The Bertz CT molecular complexity index is 542. The maximum absolute atomic E-state index is 11.5. The van der Waals surface area contributed by atoms with Gasteiger partial charge in [-0.1, -0.05) is 11.3 Å². The molecule has 0 spiro atoms. The van der Waals surface area contributed by atoms with Crippen molar-refractivity contribution in [2.24, 2.45) is 5.22 Å². The highest BCUT2D eigenvalue weighted by molar-refractivity contribution is 6.02. The van der Waals surface area contributed by atoms with Crippen LogP contribution >= 0.6 is 0 Å². The van der Waals surface area contributed by atoms with Crippen LogP contribution in [0, 0.1) is 5.53 Å². The number of aliphatic carboxylic acids is 1. The Balaban J connectivity index is 2.41. The lowest BCUT2D eigenvalue weighted by Crippen LogP contribution is -2.33. The van der Waals surface area contributed by atoms with Gasteiger partial charge in [0.05, 0.1) is 11.6 Å². The number of hydrogen-bond donors (Lipinski definition) is 4. The minimum absolute atomic E-state index is 0.0504. The van der Waals surface area contributed by atoms with Crippen molar-refractivity contribution in [1.29, 1.82) is 5.53 Å². The maximum atomic E-state index is 11.5. The lowest BCUT2D eigenvalue weighted by atomic mass is 9.88. The van der Waals surface area contributed by atoms with E-state index in [1.54, 1.807) is 24.4 Å². The van der Waals surface area contributed by atoms with Crippen LogP contribution in [0.4, 0.5) is 0 Å². The molecule has 2 rings (SSSR count). The molecule has 1 aliphatic carbocycles. The fourth-order valence-corrected chi connectivity index (χ4v) is 1.81. The SMILES string of the molecule is N=NNC(=O)C1=CC2NC=CC=C2C(C(=O)O)=C1. The van der Waals surface area contributed by atoms with Crippen LogP contribution in [0.25, 0.3) is 0 Å². The summed E-state index contributed by atoms with van der Waals surface area (Å²) >= 11 is 0. The van der Waals surface area contributed by atoms with Crippen molar-refractivity contribution < 1.29 is 14.7 Å². The Labute approximate surface area is 102 Å². The maximum Gasteiger partial charge on any atom is 0.336 e. The van der Waals surface area contributed by atoms with E-state index in [4.69, 9.17) is 10.6 Å². The highest BCUT2D eigenvalue weighted by Crippen LogP contribution is 2.26. The molecule has 18 heavy (non-hydrogen) atoms. The molecule has 0 radical (unpaired) electrons. The standard InChI is InChI=1S/C11H10N4O3/c12-15-14-10(16)6-4-8(11(17)18)7-2-1-3-13-9(7)5-6/h1-5,9,13H,(H,17,18)(H2,12,14,16). The molecule has 0 aromatic rings. The number of carboxylic acid groups (broad SMARTS) is 1. The van der Waals surface area contributed by atoms with Crippen molar-refractivity contribution in [3.8, 4) is 0 Å². The Hall–Kier alpha value is -2.70. The van der Waals surface area contributed by atoms with Crippen molar-refractivity contribution in [1.82, 2.24) is 10.7 Å². The minimum atomic E-state index is -1.11. The summed E-state index contributed by atoms with van der Waals surface area (Å²) in [6.07, 6.45) is 7.90. The molecule has 1 amide bonds. The van der Waals surface area contributed by atoms with Crippen molar-refractivity contribution >= 4 is 11.9 Å². The van der Waals surface area contributed by atoms with Crippen LogP contribution in [-0.4, -0.2) is 23.0 Å². The zero-order valence-corrected chi connectivity index (χ0v) is 9.18. The van der Waals surface area contributed by atoms with E-state index in [1.165, 1.54) is 6.08 Å². The molecule has 0 aromatic heterocycles. The molecule has 0 bridgehead atoms. The molecule has 2 aliphatic rings. The van der Waals surface area contributed by atoms with E-state index in [1.807, 2.05) is 5.43 Å². The number of rotatable bonds is 3. The van der Waals surface area contributed by atoms with Gasteiger partial charge in [-0.2, -0.15) is 5.53 Å². The van der Waals surface area contributed by atoms with Crippen molar-refractivity contribution in [3.05, 3.63) is 47.2 Å². The van der Waals surface area contributed by atoms with Gasteiger partial charge in [-0.25, -0.2) is 10.2 Å². The predicted octanol–water partition coefficient (Wildman–Crippen LogP) is 0.411. The molecule has 1 aliphatic heterocycles. The van der Waals surface area contributed by atoms with Gasteiger partial charge < -0.3 is 10.4 Å². The molecule has 7 nitrogen and oxygen atoms in total. The molecular weight excluding hydrogens is 236 g/mol. The molecule has 92 valence electrons. The number of fused-ring (bicyclic) bond motifs is 1. The van der Waals surface area contributed by atoms with E-state index in [-0.39, 0.29) is 17.2 Å². The van der Waals surface area contributed by atoms with E-state index in [0.717, 1.165) is 0 Å². The third-order valence-electron chi connectivity index (χ3n) is 2.59. The van der Waals surface area contributed by atoms with Gasteiger partial charge in [0.1, 0.15) is 0 Å². The second kappa shape index (κ2) is 4.66. The minimum Gasteiger partial charge on any atom is -0.478 e. The van der Waals surface area contributed by atoms with Crippen molar-refractivity contribution in [2.45, 2.75) is 6.04 Å².